The largest absolute Gasteiger partial charge is 0.0654 e. The van der Waals surface area contributed by atoms with Crippen molar-refractivity contribution >= 4 is 0 Å². The molecule has 2 fully saturated rings. The van der Waals surface area contributed by atoms with Gasteiger partial charge in [-0.15, -0.1) is 0 Å². The molecule has 2 aliphatic carbocycles. The smallest absolute Gasteiger partial charge is 0.0411 e. The van der Waals surface area contributed by atoms with E-state index in [2.05, 4.69) is 13.8 Å². The van der Waals surface area contributed by atoms with Crippen molar-refractivity contribution < 1.29 is 0 Å². The van der Waals surface area contributed by atoms with Gasteiger partial charge in [-0.1, -0.05) is 142 Å². The third-order valence-electron chi connectivity index (χ3n) is 8.03. The molecule has 0 aromatic rings. The predicted octanol–water partition coefficient (Wildman–Crippen LogP) is 9.71. The first-order chi connectivity index (χ1) is 13.3. The summed E-state index contributed by atoms with van der Waals surface area (Å²) in [5, 5.41) is 0. The van der Waals surface area contributed by atoms with E-state index in [1.807, 2.05) is 0 Å². The number of unbranched alkanes of at least 4 members (excludes halogenated alkanes) is 8. The van der Waals surface area contributed by atoms with Gasteiger partial charge in [-0.2, -0.15) is 0 Å². The summed E-state index contributed by atoms with van der Waals surface area (Å²) in [4.78, 5) is 0. The van der Waals surface area contributed by atoms with Crippen LogP contribution in [0.1, 0.15) is 149 Å². The van der Waals surface area contributed by atoms with Crippen molar-refractivity contribution in [1.29, 1.82) is 0 Å². The van der Waals surface area contributed by atoms with Crippen LogP contribution in [0, 0.1) is 23.7 Å². The Balaban J connectivity index is 1.47. The zero-order valence-corrected chi connectivity index (χ0v) is 19.2. The Bertz CT molecular complexity index is 285. The van der Waals surface area contributed by atoms with Gasteiger partial charge in [0.25, 0.3) is 0 Å². The zero-order chi connectivity index (χ0) is 19.2. The van der Waals surface area contributed by atoms with Gasteiger partial charge < -0.3 is 0 Å². The van der Waals surface area contributed by atoms with Gasteiger partial charge in [-0.25, -0.2) is 0 Å². The quantitative estimate of drug-likeness (QED) is 0.265. The van der Waals surface area contributed by atoms with Crippen LogP contribution in [0.4, 0.5) is 0 Å². The van der Waals surface area contributed by atoms with Gasteiger partial charge in [-0.05, 0) is 30.1 Å². The summed E-state index contributed by atoms with van der Waals surface area (Å²) in [5.41, 5.74) is 0. The van der Waals surface area contributed by atoms with Crippen LogP contribution in [0.2, 0.25) is 0 Å². The van der Waals surface area contributed by atoms with Crippen LogP contribution in [-0.4, -0.2) is 0 Å². The van der Waals surface area contributed by atoms with E-state index in [-0.39, 0.29) is 0 Å². The molecule has 0 nitrogen and oxygen atoms in total. The highest BCUT2D eigenvalue weighted by atomic mass is 14.3. The lowest BCUT2D eigenvalue weighted by atomic mass is 9.72. The third kappa shape index (κ3) is 10.4. The molecule has 0 heteroatoms. The van der Waals surface area contributed by atoms with E-state index in [9.17, 15) is 0 Å². The van der Waals surface area contributed by atoms with Crippen LogP contribution in [-0.2, 0) is 0 Å². The van der Waals surface area contributed by atoms with E-state index in [4.69, 9.17) is 0 Å². The molecule has 0 aliphatic heterocycles. The van der Waals surface area contributed by atoms with Gasteiger partial charge in [0.15, 0.2) is 0 Å². The molecule has 0 heterocycles. The Morgan fingerprint density at radius 2 is 0.741 bits per heavy atom. The average Bonchev–Trinajstić information content (AvgIpc) is 2.70. The molecule has 0 N–H and O–H groups in total. The van der Waals surface area contributed by atoms with Crippen LogP contribution in [0.5, 0.6) is 0 Å². The lowest BCUT2D eigenvalue weighted by Crippen LogP contribution is -2.21. The molecule has 2 saturated carbocycles. The number of hydrogen-bond donors (Lipinski definition) is 0. The summed E-state index contributed by atoms with van der Waals surface area (Å²) in [7, 11) is 0. The second-order valence-corrected chi connectivity index (χ2v) is 10.4. The molecule has 0 amide bonds. The fourth-order valence-electron chi connectivity index (χ4n) is 6.06. The zero-order valence-electron chi connectivity index (χ0n) is 19.2. The fourth-order valence-corrected chi connectivity index (χ4v) is 6.06. The van der Waals surface area contributed by atoms with Crippen LogP contribution in [0.25, 0.3) is 0 Å². The highest BCUT2D eigenvalue weighted by Gasteiger charge is 2.26. The van der Waals surface area contributed by atoms with E-state index in [0.717, 1.165) is 23.7 Å². The average molecular weight is 377 g/mol. The van der Waals surface area contributed by atoms with Crippen molar-refractivity contribution in [3.05, 3.63) is 0 Å². The van der Waals surface area contributed by atoms with Crippen molar-refractivity contribution in [2.75, 3.05) is 0 Å². The minimum Gasteiger partial charge on any atom is -0.0654 e. The predicted molar refractivity (Wildman–Crippen MR) is 122 cm³/mol. The van der Waals surface area contributed by atoms with E-state index >= 15 is 0 Å². The molecule has 0 saturated heterocycles. The maximum absolute atomic E-state index is 2.32. The summed E-state index contributed by atoms with van der Waals surface area (Å²) in [6, 6.07) is 0. The second-order valence-electron chi connectivity index (χ2n) is 10.4. The third-order valence-corrected chi connectivity index (χ3v) is 8.03. The Hall–Kier alpha value is 0. The van der Waals surface area contributed by atoms with Gasteiger partial charge in [0, 0.05) is 0 Å². The molecule has 0 aromatic heterocycles. The van der Waals surface area contributed by atoms with Gasteiger partial charge in [-0.3, -0.25) is 0 Å². The van der Waals surface area contributed by atoms with Gasteiger partial charge in [0.2, 0.25) is 0 Å². The van der Waals surface area contributed by atoms with Gasteiger partial charge >= 0.3 is 0 Å². The maximum Gasteiger partial charge on any atom is -0.0411 e. The first-order valence-corrected chi connectivity index (χ1v) is 13.3. The van der Waals surface area contributed by atoms with Crippen molar-refractivity contribution in [3.63, 3.8) is 0 Å². The standard InChI is InChI=1S/C27H52/c1-3-5-7-9-11-13-24-15-19-26(20-16-24)23-27-21-17-25(18-22-27)14-12-10-8-6-4-2/h24-27H,3-23H2,1-2H3/t24-,25?,26-,27?. The molecule has 0 aromatic carbocycles. The number of rotatable bonds is 14. The summed E-state index contributed by atoms with van der Waals surface area (Å²) in [5.74, 6) is 4.37. The molecule has 27 heavy (non-hydrogen) atoms. The Labute approximate surface area is 172 Å². The molecule has 0 atom stereocenters. The summed E-state index contributed by atoms with van der Waals surface area (Å²) in [6.07, 6.45) is 31.8. The van der Waals surface area contributed by atoms with E-state index in [1.54, 1.807) is 70.6 Å². The van der Waals surface area contributed by atoms with E-state index < -0.39 is 0 Å². The minimum absolute atomic E-state index is 1.09. The van der Waals surface area contributed by atoms with Gasteiger partial charge in [0.05, 0.1) is 0 Å². The first-order valence-electron chi connectivity index (χ1n) is 13.3. The second kappa shape index (κ2) is 14.9. The van der Waals surface area contributed by atoms with Crippen LogP contribution in [0.3, 0.4) is 0 Å². The van der Waals surface area contributed by atoms with Crippen molar-refractivity contribution in [3.8, 4) is 0 Å². The SMILES string of the molecule is CCCCCCCC1CCC(C[C@H]2CC[C@H](CCCCCCC)CC2)CC1. The van der Waals surface area contributed by atoms with E-state index in [1.165, 1.54) is 64.2 Å². The topological polar surface area (TPSA) is 0 Å². The summed E-state index contributed by atoms with van der Waals surface area (Å²) < 4.78 is 0. The van der Waals surface area contributed by atoms with Crippen LogP contribution < -0.4 is 0 Å². The molecule has 160 valence electrons. The van der Waals surface area contributed by atoms with Crippen molar-refractivity contribution in [2.24, 2.45) is 23.7 Å². The molecule has 0 radical (unpaired) electrons. The molecular weight excluding hydrogens is 324 g/mol. The first kappa shape index (κ1) is 23.3. The molecule has 2 rings (SSSR count). The summed E-state index contributed by atoms with van der Waals surface area (Å²) in [6.45, 7) is 4.64. The Morgan fingerprint density at radius 1 is 0.407 bits per heavy atom. The van der Waals surface area contributed by atoms with Gasteiger partial charge in [0.1, 0.15) is 0 Å². The van der Waals surface area contributed by atoms with E-state index in [0.29, 0.717) is 0 Å². The van der Waals surface area contributed by atoms with Crippen LogP contribution >= 0.6 is 0 Å². The summed E-state index contributed by atoms with van der Waals surface area (Å²) >= 11 is 0. The molecule has 2 aliphatic rings. The lowest BCUT2D eigenvalue weighted by Gasteiger charge is -2.34. The monoisotopic (exact) mass is 376 g/mol. The fraction of sp³-hybridized carbons (Fsp3) is 1.00. The highest BCUT2D eigenvalue weighted by Crippen LogP contribution is 2.40. The minimum atomic E-state index is 1.09. The normalized spacial score (nSPS) is 29.1. The molecule has 0 spiro atoms. The maximum atomic E-state index is 2.32. The lowest BCUT2D eigenvalue weighted by molar-refractivity contribution is 0.182. The molecular formula is C27H52. The van der Waals surface area contributed by atoms with Crippen LogP contribution in [0.15, 0.2) is 0 Å². The van der Waals surface area contributed by atoms with Crippen molar-refractivity contribution in [1.82, 2.24) is 0 Å². The highest BCUT2D eigenvalue weighted by molar-refractivity contribution is 4.79. The molecule has 0 unspecified atom stereocenters. The molecule has 0 bridgehead atoms. The Kier molecular flexibility index (Phi) is 12.9. The van der Waals surface area contributed by atoms with Crippen molar-refractivity contribution in [2.45, 2.75) is 149 Å². The Morgan fingerprint density at radius 3 is 1.11 bits per heavy atom. The number of hydrogen-bond acceptors (Lipinski definition) is 0.